The molecule has 0 radical (unpaired) electrons. The van der Waals surface area contributed by atoms with Crippen molar-refractivity contribution in [2.75, 3.05) is 13.1 Å². The predicted molar refractivity (Wildman–Crippen MR) is 103 cm³/mol. The van der Waals surface area contributed by atoms with Gasteiger partial charge in [-0.2, -0.15) is 5.10 Å². The summed E-state index contributed by atoms with van der Waals surface area (Å²) < 4.78 is 1.74. The van der Waals surface area contributed by atoms with Crippen molar-refractivity contribution >= 4 is 11.9 Å². The maximum atomic E-state index is 13.0. The summed E-state index contributed by atoms with van der Waals surface area (Å²) in [5, 5.41) is 13.7. The highest BCUT2D eigenvalue weighted by Crippen LogP contribution is 2.35. The minimum absolute atomic E-state index is 0.0113. The van der Waals surface area contributed by atoms with Gasteiger partial charge in [-0.05, 0) is 44.1 Å². The van der Waals surface area contributed by atoms with Gasteiger partial charge in [0.05, 0.1) is 17.7 Å². The lowest BCUT2D eigenvalue weighted by molar-refractivity contribution is -0.137. The summed E-state index contributed by atoms with van der Waals surface area (Å²) in [6.07, 6.45) is 1.76. The van der Waals surface area contributed by atoms with Crippen LogP contribution < -0.4 is 0 Å². The minimum atomic E-state index is -0.774. The van der Waals surface area contributed by atoms with Crippen LogP contribution in [0.2, 0.25) is 0 Å². The number of hydrogen-bond donors (Lipinski definition) is 1. The Hall–Kier alpha value is -2.63. The first kappa shape index (κ1) is 19.1. The lowest BCUT2D eigenvalue weighted by Crippen LogP contribution is -2.40. The summed E-state index contributed by atoms with van der Waals surface area (Å²) in [6.45, 7) is 5.09. The molecule has 6 heteroatoms. The molecular weight excluding hydrogens is 342 g/mol. The third kappa shape index (κ3) is 4.04. The SMILES string of the molecule is Cc1nn(C)c(C)c1C(=O)N1CCC(C(CC(=O)O)c2ccccc2)CC1. The topological polar surface area (TPSA) is 75.4 Å². The molecule has 1 atom stereocenters. The molecule has 1 saturated heterocycles. The molecule has 0 saturated carbocycles. The molecule has 1 aliphatic heterocycles. The van der Waals surface area contributed by atoms with Crippen LogP contribution in [0.15, 0.2) is 30.3 Å². The van der Waals surface area contributed by atoms with Crippen molar-refractivity contribution in [1.29, 1.82) is 0 Å². The monoisotopic (exact) mass is 369 g/mol. The first-order chi connectivity index (χ1) is 12.9. The Morgan fingerprint density at radius 2 is 1.81 bits per heavy atom. The third-order valence-corrected chi connectivity index (χ3v) is 5.74. The van der Waals surface area contributed by atoms with Gasteiger partial charge in [-0.1, -0.05) is 30.3 Å². The van der Waals surface area contributed by atoms with Gasteiger partial charge in [-0.3, -0.25) is 14.3 Å². The van der Waals surface area contributed by atoms with E-state index in [2.05, 4.69) is 5.10 Å². The number of piperidine rings is 1. The molecular formula is C21H27N3O3. The number of aliphatic carboxylic acids is 1. The van der Waals surface area contributed by atoms with Crippen LogP contribution in [0.5, 0.6) is 0 Å². The lowest BCUT2D eigenvalue weighted by atomic mass is 9.78. The first-order valence-corrected chi connectivity index (χ1v) is 9.44. The van der Waals surface area contributed by atoms with E-state index in [1.165, 1.54) is 0 Å². The van der Waals surface area contributed by atoms with E-state index >= 15 is 0 Å². The second kappa shape index (κ2) is 7.94. The molecule has 1 unspecified atom stereocenters. The summed E-state index contributed by atoms with van der Waals surface area (Å²) in [5.74, 6) is -0.485. The van der Waals surface area contributed by atoms with Crippen LogP contribution in [0, 0.1) is 19.8 Å². The summed E-state index contributed by atoms with van der Waals surface area (Å²) >= 11 is 0. The van der Waals surface area contributed by atoms with Crippen molar-refractivity contribution in [2.24, 2.45) is 13.0 Å². The average molecular weight is 369 g/mol. The van der Waals surface area contributed by atoms with Gasteiger partial charge in [0.2, 0.25) is 0 Å². The molecule has 27 heavy (non-hydrogen) atoms. The molecule has 2 aromatic rings. The number of hydrogen-bond acceptors (Lipinski definition) is 3. The number of rotatable bonds is 5. The molecule has 0 spiro atoms. The second-order valence-electron chi connectivity index (χ2n) is 7.41. The molecule has 0 bridgehead atoms. The van der Waals surface area contributed by atoms with E-state index in [1.807, 2.05) is 56.1 Å². The van der Waals surface area contributed by atoms with E-state index in [0.29, 0.717) is 18.7 Å². The van der Waals surface area contributed by atoms with Crippen LogP contribution in [-0.4, -0.2) is 44.8 Å². The number of benzene rings is 1. The fourth-order valence-corrected chi connectivity index (χ4v) is 4.19. The second-order valence-corrected chi connectivity index (χ2v) is 7.41. The zero-order chi connectivity index (χ0) is 19.6. The van der Waals surface area contributed by atoms with Crippen molar-refractivity contribution in [1.82, 2.24) is 14.7 Å². The molecule has 2 heterocycles. The number of carbonyl (C=O) groups excluding carboxylic acids is 1. The van der Waals surface area contributed by atoms with Gasteiger partial charge in [-0.15, -0.1) is 0 Å². The van der Waals surface area contributed by atoms with E-state index in [-0.39, 0.29) is 24.2 Å². The summed E-state index contributed by atoms with van der Waals surface area (Å²) in [6, 6.07) is 9.87. The quantitative estimate of drug-likeness (QED) is 0.878. The molecule has 144 valence electrons. The van der Waals surface area contributed by atoms with Gasteiger partial charge >= 0.3 is 5.97 Å². The first-order valence-electron chi connectivity index (χ1n) is 9.44. The Balaban J connectivity index is 1.71. The van der Waals surface area contributed by atoms with Crippen LogP contribution in [0.25, 0.3) is 0 Å². The number of likely N-dealkylation sites (tertiary alicyclic amines) is 1. The predicted octanol–water partition coefficient (Wildman–Crippen LogP) is 3.15. The standard InChI is InChI=1S/C21H27N3O3/c1-14-20(15(2)23(3)22-14)21(27)24-11-9-17(10-12-24)18(13-19(25)26)16-7-5-4-6-8-16/h4-8,17-18H,9-13H2,1-3H3,(H,25,26). The Labute approximate surface area is 159 Å². The number of amides is 1. The number of aromatic nitrogens is 2. The van der Waals surface area contributed by atoms with Crippen molar-refractivity contribution in [3.63, 3.8) is 0 Å². The highest BCUT2D eigenvalue weighted by molar-refractivity contribution is 5.96. The van der Waals surface area contributed by atoms with E-state index in [4.69, 9.17) is 0 Å². The van der Waals surface area contributed by atoms with Crippen LogP contribution in [-0.2, 0) is 11.8 Å². The Kier molecular flexibility index (Phi) is 5.63. The van der Waals surface area contributed by atoms with Gasteiger partial charge in [0, 0.05) is 25.8 Å². The molecule has 0 aliphatic carbocycles. The molecule has 1 aromatic heterocycles. The van der Waals surface area contributed by atoms with Crippen molar-refractivity contribution in [3.8, 4) is 0 Å². The average Bonchev–Trinajstić information content (AvgIpc) is 2.92. The normalized spacial score (nSPS) is 16.3. The summed E-state index contributed by atoms with van der Waals surface area (Å²) in [7, 11) is 1.85. The lowest BCUT2D eigenvalue weighted by Gasteiger charge is -2.36. The van der Waals surface area contributed by atoms with E-state index in [0.717, 1.165) is 29.8 Å². The zero-order valence-corrected chi connectivity index (χ0v) is 16.2. The minimum Gasteiger partial charge on any atom is -0.481 e. The van der Waals surface area contributed by atoms with E-state index < -0.39 is 5.97 Å². The third-order valence-electron chi connectivity index (χ3n) is 5.74. The fraction of sp³-hybridized carbons (Fsp3) is 0.476. The van der Waals surface area contributed by atoms with Gasteiger partial charge in [0.1, 0.15) is 0 Å². The molecule has 3 rings (SSSR count). The van der Waals surface area contributed by atoms with Gasteiger partial charge in [0.15, 0.2) is 0 Å². The number of carbonyl (C=O) groups is 2. The number of aryl methyl sites for hydroxylation is 2. The largest absolute Gasteiger partial charge is 0.481 e. The number of carboxylic acid groups (broad SMARTS) is 1. The van der Waals surface area contributed by atoms with Crippen molar-refractivity contribution in [2.45, 2.75) is 39.0 Å². The van der Waals surface area contributed by atoms with E-state index in [9.17, 15) is 14.7 Å². The van der Waals surface area contributed by atoms with Crippen molar-refractivity contribution < 1.29 is 14.7 Å². The molecule has 1 amide bonds. The number of carboxylic acids is 1. The Morgan fingerprint density at radius 1 is 1.19 bits per heavy atom. The Bertz CT molecular complexity index is 821. The summed E-state index contributed by atoms with van der Waals surface area (Å²) in [4.78, 5) is 26.2. The van der Waals surface area contributed by atoms with Crippen LogP contribution in [0.1, 0.15) is 52.5 Å². The Morgan fingerprint density at radius 3 is 2.33 bits per heavy atom. The van der Waals surface area contributed by atoms with E-state index in [1.54, 1.807) is 4.68 Å². The number of nitrogens with zero attached hydrogens (tertiary/aromatic N) is 3. The fourth-order valence-electron chi connectivity index (χ4n) is 4.19. The van der Waals surface area contributed by atoms with Crippen molar-refractivity contribution in [3.05, 3.63) is 52.8 Å². The summed E-state index contributed by atoms with van der Waals surface area (Å²) in [5.41, 5.74) is 3.41. The highest BCUT2D eigenvalue weighted by Gasteiger charge is 2.32. The molecule has 1 N–H and O–H groups in total. The highest BCUT2D eigenvalue weighted by atomic mass is 16.4. The zero-order valence-electron chi connectivity index (χ0n) is 16.2. The molecule has 6 nitrogen and oxygen atoms in total. The van der Waals surface area contributed by atoms with Gasteiger partial charge < -0.3 is 10.0 Å². The maximum Gasteiger partial charge on any atom is 0.303 e. The molecule has 1 aliphatic rings. The smallest absolute Gasteiger partial charge is 0.303 e. The maximum absolute atomic E-state index is 13.0. The van der Waals surface area contributed by atoms with Gasteiger partial charge in [0.25, 0.3) is 5.91 Å². The van der Waals surface area contributed by atoms with Gasteiger partial charge in [-0.25, -0.2) is 0 Å². The molecule has 1 aromatic carbocycles. The van der Waals surface area contributed by atoms with Crippen LogP contribution >= 0.6 is 0 Å². The van der Waals surface area contributed by atoms with Crippen LogP contribution in [0.3, 0.4) is 0 Å². The van der Waals surface area contributed by atoms with Crippen LogP contribution in [0.4, 0.5) is 0 Å². The molecule has 1 fully saturated rings.